The summed E-state index contributed by atoms with van der Waals surface area (Å²) in [5.74, 6) is 0. The first kappa shape index (κ1) is 13.3. The van der Waals surface area contributed by atoms with E-state index in [1.165, 1.54) is 17.2 Å². The fourth-order valence-corrected chi connectivity index (χ4v) is 3.07. The van der Waals surface area contributed by atoms with Crippen molar-refractivity contribution in [3.8, 4) is 0 Å². The molecule has 1 aromatic heterocycles. The molecule has 0 unspecified atom stereocenters. The van der Waals surface area contributed by atoms with E-state index < -0.39 is 0 Å². The summed E-state index contributed by atoms with van der Waals surface area (Å²) in [6.07, 6.45) is 0. The number of anilines is 1. The Balaban J connectivity index is 2.11. The molecule has 0 amide bonds. The number of nitro groups is 1. The summed E-state index contributed by atoms with van der Waals surface area (Å²) < 4.78 is 0.856. The summed E-state index contributed by atoms with van der Waals surface area (Å²) >= 11 is 3.79. The third-order valence-corrected chi connectivity index (χ3v) is 4.40. The second-order valence-corrected chi connectivity index (χ2v) is 5.76. The van der Waals surface area contributed by atoms with E-state index in [1.807, 2.05) is 0 Å². The topological polar surface area (TPSA) is 55.2 Å². The summed E-state index contributed by atoms with van der Waals surface area (Å²) in [6, 6.07) is 4.84. The molecule has 1 aromatic carbocycles. The molecule has 0 spiro atoms. The lowest BCUT2D eigenvalue weighted by atomic mass is 10.2. The van der Waals surface area contributed by atoms with Gasteiger partial charge in [0.25, 0.3) is 5.69 Å². The maximum Gasteiger partial charge on any atom is 0.270 e. The molecule has 0 aliphatic heterocycles. The van der Waals surface area contributed by atoms with Crippen LogP contribution in [0.3, 0.4) is 0 Å². The highest BCUT2D eigenvalue weighted by Crippen LogP contribution is 2.24. The van der Waals surface area contributed by atoms with Gasteiger partial charge in [0.15, 0.2) is 0 Å². The van der Waals surface area contributed by atoms with E-state index in [2.05, 4.69) is 45.6 Å². The first-order valence-corrected chi connectivity index (χ1v) is 7.29. The van der Waals surface area contributed by atoms with Crippen molar-refractivity contribution >= 4 is 45.3 Å². The maximum absolute atomic E-state index is 10.6. The highest BCUT2D eigenvalue weighted by atomic mass is 127. The predicted octanol–water partition coefficient (Wildman–Crippen LogP) is 4.18. The number of nitro benzene ring substituents is 1. The van der Waals surface area contributed by atoms with E-state index >= 15 is 0 Å². The third kappa shape index (κ3) is 2.99. The predicted molar refractivity (Wildman–Crippen MR) is 82.2 cm³/mol. The molecule has 18 heavy (non-hydrogen) atoms. The lowest BCUT2D eigenvalue weighted by Crippen LogP contribution is -2.01. The van der Waals surface area contributed by atoms with Crippen LogP contribution in [0.1, 0.15) is 11.1 Å². The van der Waals surface area contributed by atoms with Crippen LogP contribution in [-0.4, -0.2) is 4.92 Å². The summed E-state index contributed by atoms with van der Waals surface area (Å²) in [6.45, 7) is 2.82. The summed E-state index contributed by atoms with van der Waals surface area (Å²) in [4.78, 5) is 10.3. The molecule has 0 aliphatic rings. The summed E-state index contributed by atoms with van der Waals surface area (Å²) in [7, 11) is 0. The number of benzene rings is 1. The number of thiophene rings is 1. The standard InChI is InChI=1S/C12H11IN2O2S/c1-8-6-18-7-9(8)5-14-12-3-2-10(15(16)17)4-11(12)13/h2-4,6-7,14H,5H2,1H3. The van der Waals surface area contributed by atoms with Gasteiger partial charge in [0.05, 0.1) is 4.92 Å². The van der Waals surface area contributed by atoms with Crippen LogP contribution in [0, 0.1) is 20.6 Å². The molecule has 2 aromatic rings. The van der Waals surface area contributed by atoms with Crippen molar-refractivity contribution in [2.45, 2.75) is 13.5 Å². The number of nitrogens with one attached hydrogen (secondary N) is 1. The fourth-order valence-electron chi connectivity index (χ4n) is 1.52. The van der Waals surface area contributed by atoms with Gasteiger partial charge in [-0.3, -0.25) is 10.1 Å². The second-order valence-electron chi connectivity index (χ2n) is 3.85. The zero-order chi connectivity index (χ0) is 13.1. The van der Waals surface area contributed by atoms with Gasteiger partial charge < -0.3 is 5.32 Å². The van der Waals surface area contributed by atoms with Crippen LogP contribution >= 0.6 is 33.9 Å². The summed E-state index contributed by atoms with van der Waals surface area (Å²) in [5, 5.41) is 18.2. The van der Waals surface area contributed by atoms with Crippen LogP contribution in [0.25, 0.3) is 0 Å². The smallest absolute Gasteiger partial charge is 0.270 e. The van der Waals surface area contributed by atoms with Gasteiger partial charge >= 0.3 is 0 Å². The van der Waals surface area contributed by atoms with Crippen molar-refractivity contribution in [3.63, 3.8) is 0 Å². The van der Waals surface area contributed by atoms with Gasteiger partial charge in [0, 0.05) is 27.9 Å². The molecule has 0 fully saturated rings. The van der Waals surface area contributed by atoms with Crippen LogP contribution in [0.2, 0.25) is 0 Å². The highest BCUT2D eigenvalue weighted by molar-refractivity contribution is 14.1. The molecule has 6 heteroatoms. The lowest BCUT2D eigenvalue weighted by Gasteiger charge is -2.08. The largest absolute Gasteiger partial charge is 0.380 e. The van der Waals surface area contributed by atoms with Gasteiger partial charge in [-0.25, -0.2) is 0 Å². The quantitative estimate of drug-likeness (QED) is 0.496. The molecule has 0 saturated heterocycles. The number of nitrogens with zero attached hydrogens (tertiary/aromatic N) is 1. The molecule has 2 rings (SSSR count). The van der Waals surface area contributed by atoms with Gasteiger partial charge in [0.1, 0.15) is 0 Å². The molecule has 0 aliphatic carbocycles. The minimum Gasteiger partial charge on any atom is -0.380 e. The average Bonchev–Trinajstić information content (AvgIpc) is 2.73. The second kappa shape index (κ2) is 5.66. The van der Waals surface area contributed by atoms with Crippen molar-refractivity contribution in [2.75, 3.05) is 5.32 Å². The van der Waals surface area contributed by atoms with Gasteiger partial charge in [-0.05, 0) is 57.5 Å². The molecule has 0 radical (unpaired) electrons. The SMILES string of the molecule is Cc1cscc1CNc1ccc([N+](=O)[O-])cc1I. The molecule has 0 atom stereocenters. The van der Waals surface area contributed by atoms with Gasteiger partial charge in [-0.15, -0.1) is 0 Å². The Morgan fingerprint density at radius 2 is 2.22 bits per heavy atom. The summed E-state index contributed by atoms with van der Waals surface area (Å²) in [5.41, 5.74) is 3.57. The van der Waals surface area contributed by atoms with E-state index in [1.54, 1.807) is 23.5 Å². The van der Waals surface area contributed by atoms with E-state index in [0.29, 0.717) is 0 Å². The average molecular weight is 374 g/mol. The molecule has 4 nitrogen and oxygen atoms in total. The van der Waals surface area contributed by atoms with Gasteiger partial charge in [-0.1, -0.05) is 0 Å². The first-order valence-electron chi connectivity index (χ1n) is 5.27. The number of hydrogen-bond donors (Lipinski definition) is 1. The Labute approximate surface area is 122 Å². The van der Waals surface area contributed by atoms with Gasteiger partial charge in [-0.2, -0.15) is 11.3 Å². The Hall–Kier alpha value is -1.15. The highest BCUT2D eigenvalue weighted by Gasteiger charge is 2.09. The molecule has 1 heterocycles. The van der Waals surface area contributed by atoms with Crippen LogP contribution in [0.15, 0.2) is 29.0 Å². The lowest BCUT2D eigenvalue weighted by molar-refractivity contribution is -0.384. The number of hydrogen-bond acceptors (Lipinski definition) is 4. The first-order chi connectivity index (χ1) is 8.58. The van der Waals surface area contributed by atoms with Crippen molar-refractivity contribution in [2.24, 2.45) is 0 Å². The molecule has 94 valence electrons. The van der Waals surface area contributed by atoms with Crippen LogP contribution < -0.4 is 5.32 Å². The molecular weight excluding hydrogens is 363 g/mol. The van der Waals surface area contributed by atoms with Crippen molar-refractivity contribution < 1.29 is 4.92 Å². The van der Waals surface area contributed by atoms with Crippen molar-refractivity contribution in [3.05, 3.63) is 53.8 Å². The zero-order valence-corrected chi connectivity index (χ0v) is 12.6. The molecule has 0 bridgehead atoms. The van der Waals surface area contributed by atoms with E-state index in [-0.39, 0.29) is 10.6 Å². The number of non-ortho nitro benzene ring substituents is 1. The van der Waals surface area contributed by atoms with Crippen molar-refractivity contribution in [1.82, 2.24) is 0 Å². The van der Waals surface area contributed by atoms with E-state index in [9.17, 15) is 10.1 Å². The van der Waals surface area contributed by atoms with Crippen molar-refractivity contribution in [1.29, 1.82) is 0 Å². The fraction of sp³-hybridized carbons (Fsp3) is 0.167. The minimum absolute atomic E-state index is 0.122. The van der Waals surface area contributed by atoms with E-state index in [4.69, 9.17) is 0 Å². The number of aryl methyl sites for hydroxylation is 1. The maximum atomic E-state index is 10.6. The van der Waals surface area contributed by atoms with Gasteiger partial charge in [0.2, 0.25) is 0 Å². The Morgan fingerprint density at radius 3 is 2.78 bits per heavy atom. The van der Waals surface area contributed by atoms with E-state index in [0.717, 1.165) is 15.8 Å². The monoisotopic (exact) mass is 374 g/mol. The Bertz CT molecular complexity index is 583. The Morgan fingerprint density at radius 1 is 1.44 bits per heavy atom. The molecule has 0 saturated carbocycles. The third-order valence-electron chi connectivity index (χ3n) is 2.59. The number of rotatable bonds is 4. The van der Waals surface area contributed by atoms with Crippen LogP contribution in [0.5, 0.6) is 0 Å². The molecule has 1 N–H and O–H groups in total. The van der Waals surface area contributed by atoms with Crippen LogP contribution in [-0.2, 0) is 6.54 Å². The Kier molecular flexibility index (Phi) is 4.18. The number of halogens is 1. The minimum atomic E-state index is -0.380. The zero-order valence-electron chi connectivity index (χ0n) is 9.64. The molecular formula is C12H11IN2O2S. The van der Waals surface area contributed by atoms with Crippen LogP contribution in [0.4, 0.5) is 11.4 Å². The normalized spacial score (nSPS) is 10.3.